The number of hydrogen-bond donors (Lipinski definition) is 2. The van der Waals surface area contributed by atoms with Crippen molar-refractivity contribution >= 4 is 30.0 Å². The molecule has 7 heteroatoms. The number of nitrogens with one attached hydrogen (secondary N) is 2. The second-order valence-corrected chi connectivity index (χ2v) is 7.39. The topological polar surface area (TPSA) is 70.7 Å². The van der Waals surface area contributed by atoms with Gasteiger partial charge in [0.1, 0.15) is 0 Å². The zero-order valence-electron chi connectivity index (χ0n) is 16.1. The van der Waals surface area contributed by atoms with Crippen molar-refractivity contribution in [3.05, 3.63) is 29.8 Å². The van der Waals surface area contributed by atoms with Gasteiger partial charge in [-0.3, -0.25) is 4.79 Å². The van der Waals surface area contributed by atoms with Gasteiger partial charge in [0, 0.05) is 36.8 Å². The highest BCUT2D eigenvalue weighted by atomic mass is 35.5. The summed E-state index contributed by atoms with van der Waals surface area (Å²) >= 11 is 0. The van der Waals surface area contributed by atoms with Gasteiger partial charge in [-0.25, -0.2) is 4.79 Å². The highest BCUT2D eigenvalue weighted by Gasteiger charge is 2.30. The Kier molecular flexibility index (Phi) is 7.92. The molecule has 0 spiro atoms. The molecule has 1 amide bonds. The Morgan fingerprint density at radius 2 is 1.96 bits per heavy atom. The van der Waals surface area contributed by atoms with Crippen molar-refractivity contribution in [2.45, 2.75) is 44.7 Å². The van der Waals surface area contributed by atoms with Crippen LogP contribution in [0.2, 0.25) is 0 Å². The molecule has 0 unspecified atom stereocenters. The molecule has 27 heavy (non-hydrogen) atoms. The number of hydrogen-bond acceptors (Lipinski definition) is 5. The second kappa shape index (κ2) is 9.95. The number of nitrogens with zero attached hydrogens (tertiary/aromatic N) is 1. The number of likely N-dealkylation sites (tertiary alicyclic amines) is 1. The van der Waals surface area contributed by atoms with Crippen LogP contribution in [0.1, 0.15) is 43.0 Å². The van der Waals surface area contributed by atoms with Gasteiger partial charge in [0.15, 0.2) is 0 Å². The first-order valence-corrected chi connectivity index (χ1v) is 9.54. The molecule has 2 heterocycles. The highest BCUT2D eigenvalue weighted by Crippen LogP contribution is 2.23. The molecule has 150 valence electrons. The molecule has 0 aromatic heterocycles. The third-order valence-electron chi connectivity index (χ3n) is 5.43. The van der Waals surface area contributed by atoms with Crippen LogP contribution in [0, 0.1) is 5.92 Å². The van der Waals surface area contributed by atoms with E-state index in [0.29, 0.717) is 23.6 Å². The predicted molar refractivity (Wildman–Crippen MR) is 108 cm³/mol. The van der Waals surface area contributed by atoms with Crippen molar-refractivity contribution in [2.24, 2.45) is 5.92 Å². The van der Waals surface area contributed by atoms with E-state index in [1.165, 1.54) is 7.11 Å². The van der Waals surface area contributed by atoms with Gasteiger partial charge >= 0.3 is 5.97 Å². The van der Waals surface area contributed by atoms with Crippen LogP contribution in [0.25, 0.3) is 0 Å². The number of halogens is 1. The smallest absolute Gasteiger partial charge is 0.337 e. The van der Waals surface area contributed by atoms with Gasteiger partial charge in [-0.15, -0.1) is 12.4 Å². The molecule has 0 bridgehead atoms. The number of rotatable bonds is 4. The number of ether oxygens (including phenoxy) is 1. The number of carbonyl (C=O) groups excluding carboxylic acids is 2. The second-order valence-electron chi connectivity index (χ2n) is 7.39. The number of benzene rings is 1. The van der Waals surface area contributed by atoms with Crippen LogP contribution in [0.4, 0.5) is 5.69 Å². The van der Waals surface area contributed by atoms with Crippen molar-refractivity contribution in [1.29, 1.82) is 0 Å². The van der Waals surface area contributed by atoms with E-state index in [2.05, 4.69) is 17.6 Å². The fourth-order valence-electron chi connectivity index (χ4n) is 3.95. The average molecular weight is 396 g/mol. The summed E-state index contributed by atoms with van der Waals surface area (Å²) in [5, 5.41) is 6.90. The van der Waals surface area contributed by atoms with Crippen molar-refractivity contribution in [2.75, 3.05) is 32.1 Å². The molecule has 3 rings (SSSR count). The van der Waals surface area contributed by atoms with Gasteiger partial charge in [0.2, 0.25) is 5.91 Å². The van der Waals surface area contributed by atoms with E-state index in [0.717, 1.165) is 51.0 Å². The largest absolute Gasteiger partial charge is 0.465 e. The minimum Gasteiger partial charge on any atom is -0.465 e. The van der Waals surface area contributed by atoms with E-state index in [1.54, 1.807) is 6.07 Å². The molecule has 2 saturated heterocycles. The summed E-state index contributed by atoms with van der Waals surface area (Å²) in [4.78, 5) is 26.4. The Morgan fingerprint density at radius 3 is 2.63 bits per heavy atom. The Balaban J connectivity index is 0.00000261. The van der Waals surface area contributed by atoms with Crippen LogP contribution in [0.5, 0.6) is 0 Å². The molecule has 2 aliphatic heterocycles. The highest BCUT2D eigenvalue weighted by molar-refractivity contribution is 5.90. The Morgan fingerprint density at radius 1 is 1.22 bits per heavy atom. The molecule has 2 aliphatic rings. The molecule has 0 radical (unpaired) electrons. The number of carbonyl (C=O) groups is 2. The molecule has 0 saturated carbocycles. The molecule has 1 aromatic carbocycles. The minimum absolute atomic E-state index is 0. The number of anilines is 1. The summed E-state index contributed by atoms with van der Waals surface area (Å²) in [5.41, 5.74) is 1.47. The predicted octanol–water partition coefficient (Wildman–Crippen LogP) is 2.69. The first-order valence-electron chi connectivity index (χ1n) is 9.54. The third-order valence-corrected chi connectivity index (χ3v) is 5.43. The Hall–Kier alpha value is -1.79. The van der Waals surface area contributed by atoms with Crippen LogP contribution < -0.4 is 10.6 Å². The monoisotopic (exact) mass is 395 g/mol. The molecular formula is C20H30ClN3O3. The molecule has 2 atom stereocenters. The number of esters is 1. The number of methoxy groups -OCH3 is 1. The van der Waals surface area contributed by atoms with Gasteiger partial charge in [0.05, 0.1) is 12.7 Å². The summed E-state index contributed by atoms with van der Waals surface area (Å²) in [5.74, 6) is 0.169. The van der Waals surface area contributed by atoms with Crippen LogP contribution in [-0.4, -0.2) is 55.6 Å². The van der Waals surface area contributed by atoms with E-state index in [9.17, 15) is 9.59 Å². The van der Waals surface area contributed by atoms with Crippen LogP contribution in [0.15, 0.2) is 24.3 Å². The Labute approximate surface area is 167 Å². The molecule has 2 N–H and O–H groups in total. The molecule has 6 nitrogen and oxygen atoms in total. The Bertz CT molecular complexity index is 647. The van der Waals surface area contributed by atoms with Crippen molar-refractivity contribution in [3.63, 3.8) is 0 Å². The number of piperidine rings is 2. The lowest BCUT2D eigenvalue weighted by molar-refractivity contribution is -0.137. The molecule has 0 aliphatic carbocycles. The molecule has 2 fully saturated rings. The fraction of sp³-hybridized carbons (Fsp3) is 0.600. The lowest BCUT2D eigenvalue weighted by atomic mass is 9.91. The average Bonchev–Trinajstić information content (AvgIpc) is 2.67. The molecular weight excluding hydrogens is 366 g/mol. The van der Waals surface area contributed by atoms with Crippen LogP contribution in [0.3, 0.4) is 0 Å². The lowest BCUT2D eigenvalue weighted by Gasteiger charge is -2.37. The van der Waals surface area contributed by atoms with Gasteiger partial charge in [-0.05, 0) is 57.4 Å². The van der Waals surface area contributed by atoms with Gasteiger partial charge < -0.3 is 20.3 Å². The summed E-state index contributed by atoms with van der Waals surface area (Å²) < 4.78 is 4.77. The standard InChI is InChI=1S/C20H29N3O3.ClH/c1-14-12-15(6-9-21-14)19(24)23-10-7-17(8-11-23)22-18-5-3-4-16(13-18)20(25)26-2;/h3-5,13-15,17,21-22H,6-12H2,1-2H3;1H/t14-,15-;/m0./s1. The summed E-state index contributed by atoms with van der Waals surface area (Å²) in [7, 11) is 1.39. The summed E-state index contributed by atoms with van der Waals surface area (Å²) in [6.45, 7) is 4.68. The third kappa shape index (κ3) is 5.59. The van der Waals surface area contributed by atoms with Crippen molar-refractivity contribution in [3.8, 4) is 0 Å². The van der Waals surface area contributed by atoms with E-state index >= 15 is 0 Å². The zero-order chi connectivity index (χ0) is 18.5. The first-order chi connectivity index (χ1) is 12.6. The maximum absolute atomic E-state index is 12.7. The van der Waals surface area contributed by atoms with E-state index in [-0.39, 0.29) is 24.3 Å². The maximum Gasteiger partial charge on any atom is 0.337 e. The summed E-state index contributed by atoms with van der Waals surface area (Å²) in [6, 6.07) is 8.13. The minimum atomic E-state index is -0.328. The molecule has 1 aromatic rings. The van der Waals surface area contributed by atoms with Gasteiger partial charge in [-0.2, -0.15) is 0 Å². The fourth-order valence-corrected chi connectivity index (χ4v) is 3.95. The van der Waals surface area contributed by atoms with E-state index < -0.39 is 0 Å². The van der Waals surface area contributed by atoms with Gasteiger partial charge in [0.25, 0.3) is 0 Å². The first kappa shape index (κ1) is 21.5. The van der Waals surface area contributed by atoms with Crippen molar-refractivity contribution < 1.29 is 14.3 Å². The van der Waals surface area contributed by atoms with E-state index in [4.69, 9.17) is 4.74 Å². The normalized spacial score (nSPS) is 23.3. The quantitative estimate of drug-likeness (QED) is 0.767. The van der Waals surface area contributed by atoms with Crippen LogP contribution >= 0.6 is 12.4 Å². The van der Waals surface area contributed by atoms with Crippen LogP contribution in [-0.2, 0) is 9.53 Å². The zero-order valence-corrected chi connectivity index (χ0v) is 16.9. The maximum atomic E-state index is 12.7. The van der Waals surface area contributed by atoms with Gasteiger partial charge in [-0.1, -0.05) is 6.07 Å². The lowest BCUT2D eigenvalue weighted by Crippen LogP contribution is -2.48. The summed E-state index contributed by atoms with van der Waals surface area (Å²) in [6.07, 6.45) is 3.74. The van der Waals surface area contributed by atoms with E-state index in [1.807, 2.05) is 23.1 Å². The number of amides is 1. The van der Waals surface area contributed by atoms with Crippen molar-refractivity contribution in [1.82, 2.24) is 10.2 Å². The SMILES string of the molecule is COC(=O)c1cccc(NC2CCN(C(=O)[C@H]3CCN[C@@H](C)C3)CC2)c1.Cl.